The fraction of sp³-hybridized carbons (Fsp3) is 0.600. The zero-order valence-corrected chi connectivity index (χ0v) is 15.8. The highest BCUT2D eigenvalue weighted by molar-refractivity contribution is 5.78. The van der Waals surface area contributed by atoms with Crippen LogP contribution in [0.4, 0.5) is 0 Å². The highest BCUT2D eigenvalue weighted by Crippen LogP contribution is 2.21. The Morgan fingerprint density at radius 2 is 2.04 bits per heavy atom. The minimum absolute atomic E-state index is 0.289. The SMILES string of the molecule is O=C(CN1CCCCC1)N1CCCC(Cc2cncc(-c3ncc[nH]3)n2)C1. The van der Waals surface area contributed by atoms with Gasteiger partial charge >= 0.3 is 0 Å². The second-order valence-corrected chi connectivity index (χ2v) is 7.72. The largest absolute Gasteiger partial charge is 0.343 e. The Labute approximate surface area is 160 Å². The van der Waals surface area contributed by atoms with Crippen molar-refractivity contribution in [3.05, 3.63) is 30.5 Å². The molecule has 7 nitrogen and oxygen atoms in total. The molecule has 0 radical (unpaired) electrons. The maximum atomic E-state index is 12.7. The average Bonchev–Trinajstić information content (AvgIpc) is 3.24. The van der Waals surface area contributed by atoms with Crippen molar-refractivity contribution in [3.63, 3.8) is 0 Å². The molecule has 4 rings (SSSR count). The van der Waals surface area contributed by atoms with E-state index < -0.39 is 0 Å². The molecule has 0 aromatic carbocycles. The van der Waals surface area contributed by atoms with Gasteiger partial charge in [0, 0.05) is 31.7 Å². The van der Waals surface area contributed by atoms with Crippen molar-refractivity contribution >= 4 is 5.91 Å². The molecule has 0 aliphatic carbocycles. The van der Waals surface area contributed by atoms with Crippen LogP contribution in [0.2, 0.25) is 0 Å². The highest BCUT2D eigenvalue weighted by Gasteiger charge is 2.26. The summed E-state index contributed by atoms with van der Waals surface area (Å²) in [5, 5.41) is 0. The number of amides is 1. The third kappa shape index (κ3) is 4.71. The molecule has 7 heteroatoms. The topological polar surface area (TPSA) is 78.0 Å². The maximum Gasteiger partial charge on any atom is 0.236 e. The fourth-order valence-corrected chi connectivity index (χ4v) is 4.19. The van der Waals surface area contributed by atoms with Crippen molar-refractivity contribution in [1.29, 1.82) is 0 Å². The third-order valence-electron chi connectivity index (χ3n) is 5.60. The van der Waals surface area contributed by atoms with Crippen molar-refractivity contribution in [1.82, 2.24) is 29.7 Å². The summed E-state index contributed by atoms with van der Waals surface area (Å²) in [5.41, 5.74) is 1.74. The zero-order valence-electron chi connectivity index (χ0n) is 15.8. The van der Waals surface area contributed by atoms with Crippen LogP contribution in [0.1, 0.15) is 37.8 Å². The predicted octanol–water partition coefficient (Wildman–Crippen LogP) is 2.13. The number of hydrogen-bond donors (Lipinski definition) is 1. The Morgan fingerprint density at radius 3 is 2.85 bits per heavy atom. The van der Waals surface area contributed by atoms with Gasteiger partial charge in [-0.25, -0.2) is 9.97 Å². The van der Waals surface area contributed by atoms with E-state index in [-0.39, 0.29) is 5.91 Å². The normalized spacial score (nSPS) is 21.3. The lowest BCUT2D eigenvalue weighted by molar-refractivity contribution is -0.134. The molecule has 2 aliphatic rings. The number of H-pyrrole nitrogens is 1. The van der Waals surface area contributed by atoms with E-state index in [4.69, 9.17) is 4.98 Å². The lowest BCUT2D eigenvalue weighted by atomic mass is 9.93. The molecule has 2 aliphatic heterocycles. The Balaban J connectivity index is 1.34. The summed E-state index contributed by atoms with van der Waals surface area (Å²) >= 11 is 0. The van der Waals surface area contributed by atoms with E-state index in [2.05, 4.69) is 24.8 Å². The summed E-state index contributed by atoms with van der Waals surface area (Å²) in [6.45, 7) is 4.44. The number of nitrogens with zero attached hydrogens (tertiary/aromatic N) is 5. The van der Waals surface area contributed by atoms with Gasteiger partial charge in [0.2, 0.25) is 5.91 Å². The smallest absolute Gasteiger partial charge is 0.236 e. The first-order valence-corrected chi connectivity index (χ1v) is 10.1. The first-order chi connectivity index (χ1) is 13.3. The summed E-state index contributed by atoms with van der Waals surface area (Å²) in [6.07, 6.45) is 13.9. The first kappa shape index (κ1) is 18.1. The second-order valence-electron chi connectivity index (χ2n) is 7.72. The number of piperidine rings is 2. The number of hydrogen-bond acceptors (Lipinski definition) is 5. The summed E-state index contributed by atoms with van der Waals surface area (Å²) in [7, 11) is 0. The number of nitrogens with one attached hydrogen (secondary N) is 1. The monoisotopic (exact) mass is 368 g/mol. The number of aromatic amines is 1. The molecule has 1 unspecified atom stereocenters. The van der Waals surface area contributed by atoms with Crippen LogP contribution in [0.3, 0.4) is 0 Å². The molecule has 0 saturated carbocycles. The standard InChI is InChI=1S/C20H28N6O/c27-19(15-25-8-2-1-3-9-25)26-10-4-5-16(14-26)11-17-12-21-13-18(24-17)20-22-6-7-23-20/h6-7,12-13,16H,1-5,8-11,14-15H2,(H,22,23). The molecule has 0 spiro atoms. The van der Waals surface area contributed by atoms with Crippen molar-refractivity contribution < 1.29 is 4.79 Å². The van der Waals surface area contributed by atoms with Crippen molar-refractivity contribution in [2.45, 2.75) is 38.5 Å². The number of rotatable bonds is 5. The zero-order chi connectivity index (χ0) is 18.5. The Hall–Kier alpha value is -2.28. The van der Waals surface area contributed by atoms with Gasteiger partial charge in [-0.3, -0.25) is 14.7 Å². The maximum absolute atomic E-state index is 12.7. The van der Waals surface area contributed by atoms with Crippen molar-refractivity contribution in [2.75, 3.05) is 32.7 Å². The molecule has 2 saturated heterocycles. The average molecular weight is 368 g/mol. The predicted molar refractivity (Wildman–Crippen MR) is 103 cm³/mol. The Bertz CT molecular complexity index is 741. The fourth-order valence-electron chi connectivity index (χ4n) is 4.19. The van der Waals surface area contributed by atoms with Gasteiger partial charge in [0.15, 0.2) is 5.82 Å². The van der Waals surface area contributed by atoms with Crippen LogP contribution >= 0.6 is 0 Å². The van der Waals surface area contributed by atoms with Gasteiger partial charge in [-0.2, -0.15) is 0 Å². The molecule has 1 N–H and O–H groups in total. The number of carbonyl (C=O) groups is 1. The van der Waals surface area contributed by atoms with Crippen LogP contribution in [0, 0.1) is 5.92 Å². The third-order valence-corrected chi connectivity index (χ3v) is 5.60. The van der Waals surface area contributed by atoms with E-state index in [1.165, 1.54) is 19.3 Å². The lowest BCUT2D eigenvalue weighted by Crippen LogP contribution is -2.46. The van der Waals surface area contributed by atoms with E-state index in [1.807, 2.05) is 6.20 Å². The van der Waals surface area contributed by atoms with Crippen LogP contribution < -0.4 is 0 Å². The van der Waals surface area contributed by atoms with Crippen LogP contribution in [0.5, 0.6) is 0 Å². The Morgan fingerprint density at radius 1 is 1.15 bits per heavy atom. The molecule has 2 fully saturated rings. The highest BCUT2D eigenvalue weighted by atomic mass is 16.2. The molecule has 2 aromatic heterocycles. The summed E-state index contributed by atoms with van der Waals surface area (Å²) in [6, 6.07) is 0. The minimum Gasteiger partial charge on any atom is -0.343 e. The number of carbonyl (C=O) groups excluding carboxylic acids is 1. The van der Waals surface area contributed by atoms with Crippen molar-refractivity contribution in [3.8, 4) is 11.5 Å². The molecule has 1 atom stereocenters. The molecule has 27 heavy (non-hydrogen) atoms. The molecular weight excluding hydrogens is 340 g/mol. The van der Waals surface area contributed by atoms with Crippen molar-refractivity contribution in [2.24, 2.45) is 5.92 Å². The van der Waals surface area contributed by atoms with E-state index >= 15 is 0 Å². The quantitative estimate of drug-likeness (QED) is 0.875. The molecule has 0 bridgehead atoms. The van der Waals surface area contributed by atoms with E-state index in [0.717, 1.165) is 62.7 Å². The van der Waals surface area contributed by atoms with Gasteiger partial charge in [0.1, 0.15) is 5.69 Å². The van der Waals surface area contributed by atoms with Gasteiger partial charge in [-0.15, -0.1) is 0 Å². The molecule has 144 valence electrons. The first-order valence-electron chi connectivity index (χ1n) is 10.1. The summed E-state index contributed by atoms with van der Waals surface area (Å²) in [5.74, 6) is 1.48. The van der Waals surface area contributed by atoms with Gasteiger partial charge in [0.25, 0.3) is 0 Å². The number of imidazole rings is 1. The minimum atomic E-state index is 0.289. The van der Waals surface area contributed by atoms with Gasteiger partial charge in [0.05, 0.1) is 18.4 Å². The Kier molecular flexibility index (Phi) is 5.77. The molecule has 4 heterocycles. The van der Waals surface area contributed by atoms with Crippen LogP contribution in [0.25, 0.3) is 11.5 Å². The van der Waals surface area contributed by atoms with E-state index in [9.17, 15) is 4.79 Å². The van der Waals surface area contributed by atoms with E-state index in [0.29, 0.717) is 12.5 Å². The molecule has 2 aromatic rings. The summed E-state index contributed by atoms with van der Waals surface area (Å²) in [4.78, 5) is 33.4. The van der Waals surface area contributed by atoms with Gasteiger partial charge < -0.3 is 9.88 Å². The second kappa shape index (κ2) is 8.61. The van der Waals surface area contributed by atoms with Gasteiger partial charge in [-0.1, -0.05) is 6.42 Å². The molecular formula is C20H28N6O. The summed E-state index contributed by atoms with van der Waals surface area (Å²) < 4.78 is 0. The number of likely N-dealkylation sites (tertiary alicyclic amines) is 2. The van der Waals surface area contributed by atoms with Crippen LogP contribution in [-0.4, -0.2) is 68.4 Å². The van der Waals surface area contributed by atoms with E-state index in [1.54, 1.807) is 18.6 Å². The number of aromatic nitrogens is 4. The lowest BCUT2D eigenvalue weighted by Gasteiger charge is -2.35. The van der Waals surface area contributed by atoms with Crippen LogP contribution in [0.15, 0.2) is 24.8 Å². The molecule has 1 amide bonds. The van der Waals surface area contributed by atoms with Gasteiger partial charge in [-0.05, 0) is 51.1 Å². The van der Waals surface area contributed by atoms with Crippen LogP contribution in [-0.2, 0) is 11.2 Å².